The Hall–Kier alpha value is -5.23. The summed E-state index contributed by atoms with van der Waals surface area (Å²) in [5, 5.41) is 2.53. The normalized spacial score (nSPS) is 16.7. The molecule has 1 heteroatoms. The monoisotopic (exact) mass is 769 g/mol. The van der Waals surface area contributed by atoms with Gasteiger partial charge in [-0.15, -0.1) is 33.7 Å². The van der Waals surface area contributed by atoms with Gasteiger partial charge in [0.15, 0.2) is 0 Å². The van der Waals surface area contributed by atoms with Gasteiger partial charge in [-0.05, 0) is 41.5 Å². The van der Waals surface area contributed by atoms with Gasteiger partial charge in [-0.3, -0.25) is 0 Å². The van der Waals surface area contributed by atoms with Crippen molar-refractivity contribution in [2.24, 2.45) is 0 Å². The number of fused-ring (bicyclic) bond motifs is 2. The van der Waals surface area contributed by atoms with Gasteiger partial charge < -0.3 is 0 Å². The zero-order valence-corrected chi connectivity index (χ0v) is 33.5. The molecule has 54 heavy (non-hydrogen) atoms. The zero-order chi connectivity index (χ0) is 36.9. The molecule has 9 rings (SSSR count). The second-order valence-electron chi connectivity index (χ2n) is 14.1. The quantitative estimate of drug-likeness (QED) is 0.135. The third-order valence-corrected chi connectivity index (χ3v) is 12.4. The van der Waals surface area contributed by atoms with Gasteiger partial charge in [-0.2, -0.15) is 0 Å². The number of hydrogen-bond donors (Lipinski definition) is 0. The molecule has 0 saturated heterocycles. The van der Waals surface area contributed by atoms with Crippen LogP contribution in [0.2, 0.25) is 0 Å². The standard InChI is InChI=1S/C40H33.C13H10.Zr/c1-3-28-24-32-26-36-35(38(32)34(25-28)29-16-8-5-9-17-29)27-37(30-18-10-6-11-19-30)40(4-2,33-22-12-7-13-23-33)39(36)31-20-14-15-21-31;1-3-7-12(8-4-1)11-13-9-5-2-6-10-13;/h5-20,22-25,27H,3-4,21H2,1-2H3;1-10H;/q-1;;. The van der Waals surface area contributed by atoms with Crippen molar-refractivity contribution in [3.8, 4) is 11.1 Å². The summed E-state index contributed by atoms with van der Waals surface area (Å²) in [6, 6.07) is 58.9. The second-order valence-corrected chi connectivity index (χ2v) is 15.3. The van der Waals surface area contributed by atoms with Crippen molar-refractivity contribution in [1.29, 1.82) is 0 Å². The Morgan fingerprint density at radius 1 is 0.667 bits per heavy atom. The molecule has 1 atom stereocenters. The number of aryl methyl sites for hydroxylation is 1. The molecule has 0 aromatic heterocycles. The molecule has 0 nitrogen and oxygen atoms in total. The second kappa shape index (κ2) is 16.0. The molecule has 0 saturated carbocycles. The number of allylic oxidation sites excluding steroid dienone is 8. The molecular weight excluding hydrogens is 728 g/mol. The molecule has 0 heterocycles. The van der Waals surface area contributed by atoms with E-state index in [1.165, 1.54) is 105 Å². The van der Waals surface area contributed by atoms with E-state index in [2.05, 4.69) is 208 Å². The van der Waals surface area contributed by atoms with Crippen LogP contribution in [0, 0.1) is 0 Å². The van der Waals surface area contributed by atoms with Gasteiger partial charge >= 0.3 is 99.2 Å². The van der Waals surface area contributed by atoms with Crippen LogP contribution in [0.5, 0.6) is 0 Å². The van der Waals surface area contributed by atoms with E-state index in [1.54, 1.807) is 0 Å². The van der Waals surface area contributed by atoms with Gasteiger partial charge in [-0.1, -0.05) is 157 Å². The minimum absolute atomic E-state index is 0.283. The van der Waals surface area contributed by atoms with E-state index in [-0.39, 0.29) is 5.41 Å². The summed E-state index contributed by atoms with van der Waals surface area (Å²) in [5.74, 6) is 0. The summed E-state index contributed by atoms with van der Waals surface area (Å²) in [7, 11) is 0. The van der Waals surface area contributed by atoms with Crippen LogP contribution in [-0.4, -0.2) is 3.21 Å². The van der Waals surface area contributed by atoms with Crippen molar-refractivity contribution in [2.45, 2.75) is 38.5 Å². The van der Waals surface area contributed by atoms with Gasteiger partial charge in [-0.25, -0.2) is 0 Å². The molecule has 260 valence electrons. The molecule has 0 amide bonds. The van der Waals surface area contributed by atoms with E-state index in [4.69, 9.17) is 0 Å². The molecule has 0 aliphatic heterocycles. The van der Waals surface area contributed by atoms with Gasteiger partial charge in [0.25, 0.3) is 0 Å². The van der Waals surface area contributed by atoms with E-state index in [9.17, 15) is 0 Å². The molecule has 0 bridgehead atoms. The maximum atomic E-state index is 4.01. The average Bonchev–Trinajstić information content (AvgIpc) is 3.92. The number of hydrogen-bond acceptors (Lipinski definition) is 0. The molecule has 0 spiro atoms. The predicted molar refractivity (Wildman–Crippen MR) is 225 cm³/mol. The van der Waals surface area contributed by atoms with E-state index < -0.39 is 0 Å². The van der Waals surface area contributed by atoms with Crippen molar-refractivity contribution in [3.05, 3.63) is 243 Å². The molecule has 0 radical (unpaired) electrons. The predicted octanol–water partition coefficient (Wildman–Crippen LogP) is 11.2. The summed E-state index contributed by atoms with van der Waals surface area (Å²) >= 11 is 1.46. The summed E-state index contributed by atoms with van der Waals surface area (Å²) in [4.78, 5) is 0. The Kier molecular flexibility index (Phi) is 10.6. The Bertz CT molecular complexity index is 2510. The molecule has 0 N–H and O–H groups in total. The first-order chi connectivity index (χ1) is 26.6. The van der Waals surface area contributed by atoms with Crippen LogP contribution in [0.25, 0.3) is 28.3 Å². The first-order valence-electron chi connectivity index (χ1n) is 19.1. The van der Waals surface area contributed by atoms with Crippen molar-refractivity contribution in [2.75, 3.05) is 0 Å². The zero-order valence-electron chi connectivity index (χ0n) is 31.0. The SMILES string of the molecule is CCc1cc(-c2ccccc2)c2c(c1)=[C-]C1=C(C3=CC=CC3)C(CC)(c3ccccc3)C(c3ccccc3)=CC=21.[Zr]=[C](c1ccccc1)c1ccccc1. The Labute approximate surface area is 335 Å². The van der Waals surface area contributed by atoms with Crippen LogP contribution in [0.1, 0.15) is 54.5 Å². The fourth-order valence-corrected chi connectivity index (χ4v) is 9.23. The Morgan fingerprint density at radius 3 is 1.76 bits per heavy atom. The fraction of sp³-hybridized carbons (Fsp3) is 0.113. The van der Waals surface area contributed by atoms with E-state index >= 15 is 0 Å². The Morgan fingerprint density at radius 2 is 1.22 bits per heavy atom. The van der Waals surface area contributed by atoms with Crippen molar-refractivity contribution in [1.82, 2.24) is 0 Å². The number of rotatable bonds is 8. The maximum absolute atomic E-state index is 4.01. The molecule has 6 aromatic carbocycles. The van der Waals surface area contributed by atoms with E-state index in [1.807, 2.05) is 0 Å². The molecule has 1 unspecified atom stereocenters. The first kappa shape index (κ1) is 35.8. The molecule has 0 fully saturated rings. The van der Waals surface area contributed by atoms with Crippen LogP contribution in [0.15, 0.2) is 205 Å². The third-order valence-electron chi connectivity index (χ3n) is 11.0. The van der Waals surface area contributed by atoms with Crippen molar-refractivity contribution < 1.29 is 24.2 Å². The van der Waals surface area contributed by atoms with Crippen LogP contribution < -0.4 is 10.4 Å². The summed E-state index contributed by atoms with van der Waals surface area (Å²) in [6.45, 7) is 4.60. The Balaban J connectivity index is 0.000000248. The number of benzene rings is 6. The van der Waals surface area contributed by atoms with Gasteiger partial charge in [0, 0.05) is 5.41 Å². The molecule has 6 aromatic rings. The molecular formula is C53H43Zr-. The third kappa shape index (κ3) is 6.72. The molecule has 3 aliphatic rings. The van der Waals surface area contributed by atoms with Crippen LogP contribution in [0.4, 0.5) is 0 Å². The van der Waals surface area contributed by atoms with Crippen LogP contribution in [0.3, 0.4) is 0 Å². The van der Waals surface area contributed by atoms with Crippen LogP contribution >= 0.6 is 0 Å². The average molecular weight is 771 g/mol. The van der Waals surface area contributed by atoms with E-state index in [0.717, 1.165) is 19.3 Å². The minimum atomic E-state index is -0.283. The molecule has 3 aliphatic carbocycles. The van der Waals surface area contributed by atoms with E-state index in [0.29, 0.717) is 0 Å². The van der Waals surface area contributed by atoms with Crippen LogP contribution in [-0.2, 0) is 36.1 Å². The summed E-state index contributed by atoms with van der Waals surface area (Å²) in [6.07, 6.45) is 16.3. The first-order valence-corrected chi connectivity index (χ1v) is 20.4. The summed E-state index contributed by atoms with van der Waals surface area (Å²) in [5.41, 5.74) is 15.7. The van der Waals surface area contributed by atoms with Gasteiger partial charge in [0.2, 0.25) is 0 Å². The van der Waals surface area contributed by atoms with Gasteiger partial charge in [0.05, 0.1) is 0 Å². The van der Waals surface area contributed by atoms with Gasteiger partial charge in [0.1, 0.15) is 0 Å². The van der Waals surface area contributed by atoms with Crippen molar-refractivity contribution in [3.63, 3.8) is 0 Å². The fourth-order valence-electron chi connectivity index (χ4n) is 8.41. The topological polar surface area (TPSA) is 0 Å². The summed E-state index contributed by atoms with van der Waals surface area (Å²) < 4.78 is 1.42. The van der Waals surface area contributed by atoms with Crippen molar-refractivity contribution >= 4 is 20.4 Å².